The van der Waals surface area contributed by atoms with Crippen LogP contribution >= 0.6 is 23.5 Å². The largest absolute Gasteiger partial charge is 0.323 e. The Morgan fingerprint density at radius 2 is 1.46 bits per heavy atom. The number of anilines is 1. The van der Waals surface area contributed by atoms with Gasteiger partial charge in [0.1, 0.15) is 0 Å². The van der Waals surface area contributed by atoms with Crippen LogP contribution in [0.15, 0.2) is 48.5 Å². The Morgan fingerprint density at radius 3 is 1.96 bits per heavy atom. The van der Waals surface area contributed by atoms with Gasteiger partial charge in [-0.15, -0.1) is 23.5 Å². The number of nitrogens with zero attached hydrogens (tertiary/aromatic N) is 1. The van der Waals surface area contributed by atoms with Crippen molar-refractivity contribution in [1.82, 2.24) is 5.32 Å². The summed E-state index contributed by atoms with van der Waals surface area (Å²) in [6.07, 6.45) is 0. The fraction of sp³-hybridized carbons (Fsp3) is 0.435. The number of thioether (sulfide) groups is 2. The molecule has 1 N–H and O–H groups in total. The van der Waals surface area contributed by atoms with Crippen LogP contribution in [0.3, 0.4) is 0 Å². The molecule has 2 amide bonds. The van der Waals surface area contributed by atoms with Crippen molar-refractivity contribution in [3.63, 3.8) is 0 Å². The molecule has 0 bridgehead atoms. The third-order valence-electron chi connectivity index (χ3n) is 5.10. The molecule has 0 spiro atoms. The lowest BCUT2D eigenvalue weighted by molar-refractivity contribution is 0.246. The van der Waals surface area contributed by atoms with E-state index >= 15 is 0 Å². The molecule has 3 nitrogen and oxygen atoms in total. The standard InChI is InChI=1S/C23H30N2OS2/c1-16(2)19-12-9-13-20(17(3)4)21(19)25(5)22(26)24-23(27-14-15-28-23)18-10-7-6-8-11-18/h6-13,16-17H,14-15H2,1-5H3,(H,24,26). The number of nitrogens with one attached hydrogen (secondary N) is 1. The highest BCUT2D eigenvalue weighted by atomic mass is 32.2. The molecular weight excluding hydrogens is 384 g/mol. The van der Waals surface area contributed by atoms with Gasteiger partial charge in [-0.3, -0.25) is 4.90 Å². The van der Waals surface area contributed by atoms with Gasteiger partial charge in [-0.2, -0.15) is 0 Å². The normalized spacial score (nSPS) is 15.8. The molecule has 0 aromatic heterocycles. The van der Waals surface area contributed by atoms with E-state index in [1.807, 2.05) is 53.7 Å². The first-order chi connectivity index (χ1) is 13.4. The SMILES string of the molecule is CC(C)c1cccc(C(C)C)c1N(C)C(=O)NC1(c2ccccc2)SCCS1. The van der Waals surface area contributed by atoms with Crippen LogP contribution in [0.5, 0.6) is 0 Å². The second kappa shape index (κ2) is 8.83. The Labute approximate surface area is 177 Å². The molecule has 0 saturated carbocycles. The van der Waals surface area contributed by atoms with E-state index in [0.29, 0.717) is 11.8 Å². The van der Waals surface area contributed by atoms with Crippen molar-refractivity contribution < 1.29 is 4.79 Å². The third kappa shape index (κ3) is 4.20. The van der Waals surface area contributed by atoms with Gasteiger partial charge in [0.05, 0.1) is 5.69 Å². The molecule has 2 aromatic rings. The maximum absolute atomic E-state index is 13.4. The van der Waals surface area contributed by atoms with Gasteiger partial charge in [0, 0.05) is 18.6 Å². The lowest BCUT2D eigenvalue weighted by atomic mass is 9.92. The summed E-state index contributed by atoms with van der Waals surface area (Å²) in [5.74, 6) is 2.76. The lowest BCUT2D eigenvalue weighted by Crippen LogP contribution is -2.46. The van der Waals surface area contributed by atoms with Crippen LogP contribution in [0.25, 0.3) is 0 Å². The number of hydrogen-bond acceptors (Lipinski definition) is 3. The molecule has 1 aliphatic heterocycles. The van der Waals surface area contributed by atoms with Gasteiger partial charge in [-0.1, -0.05) is 76.2 Å². The topological polar surface area (TPSA) is 32.3 Å². The zero-order chi connectivity index (χ0) is 20.3. The molecule has 0 atom stereocenters. The zero-order valence-electron chi connectivity index (χ0n) is 17.4. The van der Waals surface area contributed by atoms with Crippen molar-refractivity contribution in [2.75, 3.05) is 23.5 Å². The molecule has 0 radical (unpaired) electrons. The average Bonchev–Trinajstić information content (AvgIpc) is 3.17. The Bertz CT molecular complexity index is 788. The molecular formula is C23H30N2OS2. The second-order valence-electron chi connectivity index (χ2n) is 7.76. The summed E-state index contributed by atoms with van der Waals surface area (Å²) in [4.78, 5) is 15.2. The van der Waals surface area contributed by atoms with E-state index in [9.17, 15) is 4.79 Å². The van der Waals surface area contributed by atoms with Gasteiger partial charge < -0.3 is 5.32 Å². The minimum Gasteiger partial charge on any atom is -0.310 e. The van der Waals surface area contributed by atoms with Crippen molar-refractivity contribution in [1.29, 1.82) is 0 Å². The number of rotatable bonds is 5. The minimum atomic E-state index is -0.419. The molecule has 1 aliphatic rings. The summed E-state index contributed by atoms with van der Waals surface area (Å²) in [5, 5.41) is 3.35. The summed E-state index contributed by atoms with van der Waals surface area (Å²) in [6.45, 7) is 8.73. The van der Waals surface area contributed by atoms with Crippen LogP contribution in [0.2, 0.25) is 0 Å². The average molecular weight is 415 g/mol. The van der Waals surface area contributed by atoms with E-state index in [4.69, 9.17) is 0 Å². The molecule has 1 saturated heterocycles. The maximum atomic E-state index is 13.4. The van der Waals surface area contributed by atoms with Crippen molar-refractivity contribution in [2.24, 2.45) is 0 Å². The number of para-hydroxylation sites is 1. The molecule has 1 fully saturated rings. The van der Waals surface area contributed by atoms with E-state index in [2.05, 4.69) is 63.3 Å². The molecule has 0 aliphatic carbocycles. The van der Waals surface area contributed by atoms with Gasteiger partial charge in [-0.05, 0) is 28.5 Å². The zero-order valence-corrected chi connectivity index (χ0v) is 19.0. The van der Waals surface area contributed by atoms with Crippen LogP contribution in [0.1, 0.15) is 56.2 Å². The Kier molecular flexibility index (Phi) is 6.66. The van der Waals surface area contributed by atoms with Gasteiger partial charge >= 0.3 is 6.03 Å². The molecule has 2 aromatic carbocycles. The fourth-order valence-electron chi connectivity index (χ4n) is 3.61. The molecule has 5 heteroatoms. The Hall–Kier alpha value is -1.59. The van der Waals surface area contributed by atoms with E-state index < -0.39 is 4.20 Å². The second-order valence-corrected chi connectivity index (χ2v) is 10.6. The fourth-order valence-corrected chi connectivity index (χ4v) is 6.61. The van der Waals surface area contributed by atoms with Crippen LogP contribution in [0.4, 0.5) is 10.5 Å². The van der Waals surface area contributed by atoms with Crippen LogP contribution in [-0.4, -0.2) is 24.6 Å². The summed E-state index contributed by atoms with van der Waals surface area (Å²) in [7, 11) is 1.89. The summed E-state index contributed by atoms with van der Waals surface area (Å²) in [6, 6.07) is 16.6. The van der Waals surface area contributed by atoms with Crippen LogP contribution in [-0.2, 0) is 4.20 Å². The van der Waals surface area contributed by atoms with Gasteiger partial charge in [0.15, 0.2) is 4.20 Å². The first-order valence-corrected chi connectivity index (χ1v) is 11.8. The maximum Gasteiger partial charge on any atom is 0.323 e. The highest BCUT2D eigenvalue weighted by Gasteiger charge is 2.40. The molecule has 1 heterocycles. The number of benzene rings is 2. The smallest absolute Gasteiger partial charge is 0.310 e. The predicted molar refractivity (Wildman–Crippen MR) is 125 cm³/mol. The van der Waals surface area contributed by atoms with E-state index in [1.54, 1.807) is 0 Å². The van der Waals surface area contributed by atoms with E-state index in [1.165, 1.54) is 11.1 Å². The number of amides is 2. The predicted octanol–water partition coefficient (Wildman–Crippen LogP) is 6.37. The number of urea groups is 1. The number of hydrogen-bond donors (Lipinski definition) is 1. The monoisotopic (exact) mass is 414 g/mol. The summed E-state index contributed by atoms with van der Waals surface area (Å²) in [5.41, 5.74) is 4.61. The van der Waals surface area contributed by atoms with Crippen molar-refractivity contribution in [2.45, 2.75) is 43.7 Å². The van der Waals surface area contributed by atoms with Gasteiger partial charge in [0.25, 0.3) is 0 Å². The van der Waals surface area contributed by atoms with Gasteiger partial charge in [-0.25, -0.2) is 4.79 Å². The minimum absolute atomic E-state index is 0.0549. The Morgan fingerprint density at radius 1 is 0.929 bits per heavy atom. The first kappa shape index (κ1) is 21.1. The summed E-state index contributed by atoms with van der Waals surface area (Å²) < 4.78 is -0.419. The van der Waals surface area contributed by atoms with E-state index in [0.717, 1.165) is 22.8 Å². The number of carbonyl (C=O) groups is 1. The van der Waals surface area contributed by atoms with Crippen LogP contribution in [0, 0.1) is 0 Å². The highest BCUT2D eigenvalue weighted by molar-refractivity contribution is 8.20. The van der Waals surface area contributed by atoms with Crippen LogP contribution < -0.4 is 10.2 Å². The molecule has 150 valence electrons. The molecule has 3 rings (SSSR count). The highest BCUT2D eigenvalue weighted by Crippen LogP contribution is 2.49. The number of carbonyl (C=O) groups excluding carboxylic acids is 1. The quantitative estimate of drug-likeness (QED) is 0.617. The van der Waals surface area contributed by atoms with Gasteiger partial charge in [0.2, 0.25) is 0 Å². The molecule has 28 heavy (non-hydrogen) atoms. The third-order valence-corrected chi connectivity index (χ3v) is 8.37. The summed E-state index contributed by atoms with van der Waals surface area (Å²) >= 11 is 3.62. The lowest BCUT2D eigenvalue weighted by Gasteiger charge is -2.33. The van der Waals surface area contributed by atoms with Crippen molar-refractivity contribution >= 4 is 35.2 Å². The molecule has 0 unspecified atom stereocenters. The first-order valence-electron chi connectivity index (χ1n) is 9.88. The van der Waals surface area contributed by atoms with Crippen molar-refractivity contribution in [3.8, 4) is 0 Å². The Balaban J connectivity index is 1.95. The van der Waals surface area contributed by atoms with E-state index in [-0.39, 0.29) is 6.03 Å². The van der Waals surface area contributed by atoms with Crippen molar-refractivity contribution in [3.05, 3.63) is 65.2 Å².